The number of aromatic nitrogens is 1. The van der Waals surface area contributed by atoms with Crippen molar-refractivity contribution in [3.8, 4) is 0 Å². The van der Waals surface area contributed by atoms with E-state index in [4.69, 9.17) is 0 Å². The van der Waals surface area contributed by atoms with E-state index in [0.717, 1.165) is 6.54 Å². The first kappa shape index (κ1) is 9.59. The Morgan fingerprint density at radius 2 is 1.93 bits per heavy atom. The smallest absolute Gasteiger partial charge is 0.0453 e. The fraction of sp³-hybridized carbons (Fsp3) is 0.0769. The van der Waals surface area contributed by atoms with Crippen LogP contribution in [0.1, 0.15) is 0 Å². The molecular weight excluding hydrogens is 184 g/mol. The number of hydrogen-bond donors (Lipinski definition) is 2. The van der Waals surface area contributed by atoms with Crippen molar-refractivity contribution in [2.45, 2.75) is 0 Å². The largest absolute Gasteiger partial charge is 0.387 e. The molecule has 1 aromatic carbocycles. The van der Waals surface area contributed by atoms with Gasteiger partial charge in [0.05, 0.1) is 0 Å². The van der Waals surface area contributed by atoms with Crippen molar-refractivity contribution in [2.75, 3.05) is 6.54 Å². The first-order valence-corrected chi connectivity index (χ1v) is 5.04. The normalized spacial score (nSPS) is 13.1. The highest BCUT2D eigenvalue weighted by Crippen LogP contribution is 2.09. The molecule has 0 unspecified atom stereocenters. The van der Waals surface area contributed by atoms with Gasteiger partial charge < -0.3 is 10.3 Å². The molecular formula is C13H14N2. The summed E-state index contributed by atoms with van der Waals surface area (Å²) in [4.78, 5) is 3.12. The zero-order valence-corrected chi connectivity index (χ0v) is 8.48. The van der Waals surface area contributed by atoms with Gasteiger partial charge in [-0.1, -0.05) is 30.4 Å². The molecule has 3 rings (SSSR count). The van der Waals surface area contributed by atoms with E-state index >= 15 is 0 Å². The summed E-state index contributed by atoms with van der Waals surface area (Å²) in [6.45, 7) is 0.983. The number of benzene rings is 1. The second-order valence-corrected chi connectivity index (χ2v) is 3.26. The van der Waals surface area contributed by atoms with Crippen molar-refractivity contribution in [1.82, 2.24) is 10.3 Å². The molecule has 0 aliphatic carbocycles. The van der Waals surface area contributed by atoms with E-state index in [1.807, 2.05) is 36.7 Å². The molecule has 0 amide bonds. The number of hydrogen-bond acceptors (Lipinski definition) is 1. The zero-order chi connectivity index (χ0) is 10.3. The number of dihydropyridines is 1. The van der Waals surface area contributed by atoms with Crippen LogP contribution in [0.25, 0.3) is 10.9 Å². The molecule has 1 aromatic heterocycles. The summed E-state index contributed by atoms with van der Waals surface area (Å²) in [6.07, 6.45) is 9.95. The van der Waals surface area contributed by atoms with E-state index in [-0.39, 0.29) is 0 Å². The van der Waals surface area contributed by atoms with Crippen LogP contribution in [0.15, 0.2) is 61.0 Å². The van der Waals surface area contributed by atoms with Gasteiger partial charge in [-0.3, -0.25) is 0 Å². The molecule has 2 aromatic rings. The fourth-order valence-electron chi connectivity index (χ4n) is 1.40. The van der Waals surface area contributed by atoms with Gasteiger partial charge in [-0.05, 0) is 29.8 Å². The number of allylic oxidation sites excluding steroid dienone is 2. The Labute approximate surface area is 89.3 Å². The van der Waals surface area contributed by atoms with E-state index in [1.165, 1.54) is 10.9 Å². The standard InChI is InChI=1S/C8H7N.C5H7N/c1-2-4-8-7(3-1)5-6-9-8;1-2-4-6-5-3-1/h1-6,9H;1-4,6H,5H2. The molecule has 2 heterocycles. The lowest BCUT2D eigenvalue weighted by atomic mass is 10.3. The second kappa shape index (κ2) is 5.05. The van der Waals surface area contributed by atoms with Crippen LogP contribution in [0, 0.1) is 0 Å². The lowest BCUT2D eigenvalue weighted by Gasteiger charge is -1.94. The van der Waals surface area contributed by atoms with Crippen molar-refractivity contribution in [1.29, 1.82) is 0 Å². The van der Waals surface area contributed by atoms with Crippen LogP contribution in [0.5, 0.6) is 0 Å². The van der Waals surface area contributed by atoms with Crippen molar-refractivity contribution < 1.29 is 0 Å². The summed E-state index contributed by atoms with van der Waals surface area (Å²) in [7, 11) is 0. The van der Waals surface area contributed by atoms with Gasteiger partial charge in [0.25, 0.3) is 0 Å². The maximum Gasteiger partial charge on any atom is 0.0453 e. The molecule has 0 bridgehead atoms. The van der Waals surface area contributed by atoms with Crippen LogP contribution in [-0.2, 0) is 0 Å². The molecule has 0 radical (unpaired) electrons. The van der Waals surface area contributed by atoms with Crippen molar-refractivity contribution >= 4 is 10.9 Å². The van der Waals surface area contributed by atoms with Crippen LogP contribution in [-0.4, -0.2) is 11.5 Å². The van der Waals surface area contributed by atoms with Crippen LogP contribution < -0.4 is 5.32 Å². The number of para-hydroxylation sites is 1. The van der Waals surface area contributed by atoms with E-state index < -0.39 is 0 Å². The third-order valence-electron chi connectivity index (χ3n) is 2.16. The lowest BCUT2D eigenvalue weighted by Crippen LogP contribution is -2.05. The highest BCUT2D eigenvalue weighted by Gasteiger charge is 1.86. The van der Waals surface area contributed by atoms with Crippen LogP contribution in [0.4, 0.5) is 0 Å². The van der Waals surface area contributed by atoms with Gasteiger partial charge in [0.15, 0.2) is 0 Å². The monoisotopic (exact) mass is 198 g/mol. The average Bonchev–Trinajstić information content (AvgIpc) is 2.80. The molecule has 0 saturated carbocycles. The zero-order valence-electron chi connectivity index (χ0n) is 8.48. The first-order valence-electron chi connectivity index (χ1n) is 5.04. The second-order valence-electron chi connectivity index (χ2n) is 3.26. The summed E-state index contributed by atoms with van der Waals surface area (Å²) in [5.41, 5.74) is 1.21. The van der Waals surface area contributed by atoms with Gasteiger partial charge in [-0.25, -0.2) is 0 Å². The number of nitrogens with one attached hydrogen (secondary N) is 2. The molecule has 0 fully saturated rings. The summed E-state index contributed by atoms with van der Waals surface area (Å²) < 4.78 is 0. The number of H-pyrrole nitrogens is 1. The Kier molecular flexibility index (Phi) is 3.23. The fourth-order valence-corrected chi connectivity index (χ4v) is 1.40. The highest BCUT2D eigenvalue weighted by atomic mass is 14.8. The third kappa shape index (κ3) is 2.74. The van der Waals surface area contributed by atoms with E-state index in [9.17, 15) is 0 Å². The van der Waals surface area contributed by atoms with Gasteiger partial charge in [-0.2, -0.15) is 0 Å². The maximum atomic E-state index is 3.12. The maximum absolute atomic E-state index is 3.12. The Hall–Kier alpha value is -1.96. The molecule has 2 nitrogen and oxygen atoms in total. The SMILES string of the molecule is C1=CCNC=C1.c1ccc2[nH]ccc2c1. The minimum absolute atomic E-state index is 0.983. The molecule has 0 atom stereocenters. The quantitative estimate of drug-likeness (QED) is 0.669. The van der Waals surface area contributed by atoms with Gasteiger partial charge in [0.1, 0.15) is 0 Å². The van der Waals surface area contributed by atoms with Gasteiger partial charge >= 0.3 is 0 Å². The van der Waals surface area contributed by atoms with Crippen molar-refractivity contribution in [3.05, 3.63) is 61.0 Å². The molecule has 0 saturated heterocycles. The first-order chi connectivity index (χ1) is 7.47. The minimum Gasteiger partial charge on any atom is -0.387 e. The molecule has 1 aliphatic rings. The van der Waals surface area contributed by atoms with Gasteiger partial charge in [0.2, 0.25) is 0 Å². The molecule has 2 heteroatoms. The number of fused-ring (bicyclic) bond motifs is 1. The molecule has 2 N–H and O–H groups in total. The molecule has 76 valence electrons. The minimum atomic E-state index is 0.983. The summed E-state index contributed by atoms with van der Waals surface area (Å²) in [5.74, 6) is 0. The molecule has 0 spiro atoms. The Bertz CT molecular complexity index is 424. The summed E-state index contributed by atoms with van der Waals surface area (Å²) in [5, 5.41) is 4.29. The van der Waals surface area contributed by atoms with E-state index in [2.05, 4.69) is 34.6 Å². The molecule has 1 aliphatic heterocycles. The van der Waals surface area contributed by atoms with Crippen LogP contribution >= 0.6 is 0 Å². The molecule has 15 heavy (non-hydrogen) atoms. The van der Waals surface area contributed by atoms with Crippen molar-refractivity contribution in [2.24, 2.45) is 0 Å². The lowest BCUT2D eigenvalue weighted by molar-refractivity contribution is 0.972. The summed E-state index contributed by atoms with van der Waals surface area (Å²) in [6, 6.07) is 10.3. The third-order valence-corrected chi connectivity index (χ3v) is 2.16. The average molecular weight is 198 g/mol. The topological polar surface area (TPSA) is 27.8 Å². The highest BCUT2D eigenvalue weighted by molar-refractivity contribution is 5.78. The van der Waals surface area contributed by atoms with Gasteiger partial charge in [-0.15, -0.1) is 0 Å². The number of aromatic amines is 1. The van der Waals surface area contributed by atoms with E-state index in [0.29, 0.717) is 0 Å². The predicted octanol–water partition coefficient (Wildman–Crippen LogP) is 2.83. The Morgan fingerprint density at radius 3 is 2.53 bits per heavy atom. The van der Waals surface area contributed by atoms with E-state index in [1.54, 1.807) is 0 Å². The van der Waals surface area contributed by atoms with Crippen molar-refractivity contribution in [3.63, 3.8) is 0 Å². The van der Waals surface area contributed by atoms with Crippen LogP contribution in [0.3, 0.4) is 0 Å². The van der Waals surface area contributed by atoms with Gasteiger partial charge in [0, 0.05) is 18.3 Å². The van der Waals surface area contributed by atoms with Crippen LogP contribution in [0.2, 0.25) is 0 Å². The predicted molar refractivity (Wildman–Crippen MR) is 64.6 cm³/mol. The Balaban J connectivity index is 0.000000124. The Morgan fingerprint density at radius 1 is 1.00 bits per heavy atom. The summed E-state index contributed by atoms with van der Waals surface area (Å²) >= 11 is 0. The number of rotatable bonds is 0.